The molecule has 1 aromatic heterocycles. The average Bonchev–Trinajstić information content (AvgIpc) is 3.50. The zero-order chi connectivity index (χ0) is 23.7. The molecule has 2 aliphatic rings. The van der Waals surface area contributed by atoms with Crippen molar-refractivity contribution in [1.82, 2.24) is 15.1 Å². The van der Waals surface area contributed by atoms with Crippen LogP contribution in [-0.2, 0) is 34.5 Å². The second-order valence-electron chi connectivity index (χ2n) is 8.95. The number of aryl methyl sites for hydroxylation is 2. The standard InChI is InChI=1S/C27H27N3O3S/c1-19-11-12-22(34-19)17-29(16-14-20-7-3-2-4-8-20)24(31)18-30-25(32)27(28-26(30)33)15-13-21-9-5-6-10-23(21)27/h2-12H,13-18H2,1H3,(H,28,33)/t27-/m0/s1. The van der Waals surface area contributed by atoms with Crippen molar-refractivity contribution in [2.75, 3.05) is 13.1 Å². The number of carbonyl (C=O) groups excluding carboxylic acids is 3. The van der Waals surface area contributed by atoms with Gasteiger partial charge in [-0.2, -0.15) is 0 Å². The second-order valence-corrected chi connectivity index (χ2v) is 10.3. The van der Waals surface area contributed by atoms with Gasteiger partial charge in [-0.25, -0.2) is 4.79 Å². The number of benzene rings is 2. The first-order chi connectivity index (χ1) is 16.5. The Hall–Kier alpha value is -3.45. The van der Waals surface area contributed by atoms with E-state index in [9.17, 15) is 14.4 Å². The molecular formula is C27H27N3O3S. The SMILES string of the molecule is Cc1ccc(CN(CCc2ccccc2)C(=O)CN2C(=O)N[C@]3(CCc4ccccc43)C2=O)s1. The molecule has 1 aliphatic carbocycles. The zero-order valence-corrected chi connectivity index (χ0v) is 19.9. The zero-order valence-electron chi connectivity index (χ0n) is 19.1. The molecule has 34 heavy (non-hydrogen) atoms. The van der Waals surface area contributed by atoms with Crippen LogP contribution in [0, 0.1) is 6.92 Å². The van der Waals surface area contributed by atoms with Gasteiger partial charge in [0.1, 0.15) is 12.1 Å². The Morgan fingerprint density at radius 3 is 2.59 bits per heavy atom. The molecule has 5 rings (SSSR count). The molecule has 0 saturated carbocycles. The molecular weight excluding hydrogens is 446 g/mol. The van der Waals surface area contributed by atoms with Gasteiger partial charge in [0.25, 0.3) is 5.91 Å². The molecule has 6 nitrogen and oxygen atoms in total. The summed E-state index contributed by atoms with van der Waals surface area (Å²) >= 11 is 1.65. The van der Waals surface area contributed by atoms with Crippen LogP contribution >= 0.6 is 11.3 Å². The number of urea groups is 1. The normalized spacial score (nSPS) is 18.9. The average molecular weight is 474 g/mol. The van der Waals surface area contributed by atoms with Gasteiger partial charge < -0.3 is 10.2 Å². The van der Waals surface area contributed by atoms with Crippen LogP contribution in [0.25, 0.3) is 0 Å². The van der Waals surface area contributed by atoms with Crippen LogP contribution in [0.15, 0.2) is 66.7 Å². The minimum Gasteiger partial charge on any atom is -0.336 e. The van der Waals surface area contributed by atoms with Crippen molar-refractivity contribution < 1.29 is 14.4 Å². The first-order valence-electron chi connectivity index (χ1n) is 11.6. The summed E-state index contributed by atoms with van der Waals surface area (Å²) in [7, 11) is 0. The maximum absolute atomic E-state index is 13.5. The smallest absolute Gasteiger partial charge is 0.325 e. The monoisotopic (exact) mass is 473 g/mol. The summed E-state index contributed by atoms with van der Waals surface area (Å²) in [4.78, 5) is 44.9. The van der Waals surface area contributed by atoms with E-state index >= 15 is 0 Å². The molecule has 2 heterocycles. The van der Waals surface area contributed by atoms with Gasteiger partial charge in [-0.15, -0.1) is 11.3 Å². The van der Waals surface area contributed by atoms with Crippen LogP contribution in [0.5, 0.6) is 0 Å². The van der Waals surface area contributed by atoms with E-state index in [4.69, 9.17) is 0 Å². The van der Waals surface area contributed by atoms with E-state index < -0.39 is 11.6 Å². The molecule has 1 fully saturated rings. The third-order valence-corrected chi connectivity index (χ3v) is 7.71. The lowest BCUT2D eigenvalue weighted by Crippen LogP contribution is -2.45. The quantitative estimate of drug-likeness (QED) is 0.527. The Balaban J connectivity index is 1.34. The summed E-state index contributed by atoms with van der Waals surface area (Å²) in [5.74, 6) is -0.556. The van der Waals surface area contributed by atoms with Crippen molar-refractivity contribution >= 4 is 29.2 Å². The van der Waals surface area contributed by atoms with E-state index in [2.05, 4.69) is 5.32 Å². The third-order valence-electron chi connectivity index (χ3n) is 6.72. The van der Waals surface area contributed by atoms with Crippen LogP contribution in [0.3, 0.4) is 0 Å². The predicted octanol–water partition coefficient (Wildman–Crippen LogP) is 4.02. The summed E-state index contributed by atoms with van der Waals surface area (Å²) in [6.07, 6.45) is 1.95. The van der Waals surface area contributed by atoms with Crippen molar-refractivity contribution in [3.05, 3.63) is 93.2 Å². The number of nitrogens with one attached hydrogen (secondary N) is 1. The van der Waals surface area contributed by atoms with Crippen LogP contribution < -0.4 is 5.32 Å². The van der Waals surface area contributed by atoms with E-state index in [0.717, 1.165) is 32.9 Å². The topological polar surface area (TPSA) is 69.7 Å². The molecule has 7 heteroatoms. The molecule has 1 aliphatic heterocycles. The third kappa shape index (κ3) is 4.12. The molecule has 1 atom stereocenters. The van der Waals surface area contributed by atoms with Gasteiger partial charge in [0.2, 0.25) is 5.91 Å². The Morgan fingerprint density at radius 2 is 1.82 bits per heavy atom. The van der Waals surface area contributed by atoms with Crippen molar-refractivity contribution in [3.63, 3.8) is 0 Å². The highest BCUT2D eigenvalue weighted by Crippen LogP contribution is 2.41. The van der Waals surface area contributed by atoms with E-state index in [0.29, 0.717) is 25.9 Å². The lowest BCUT2D eigenvalue weighted by atomic mass is 9.92. The molecule has 1 saturated heterocycles. The second kappa shape index (κ2) is 9.06. The van der Waals surface area contributed by atoms with Crippen LogP contribution in [0.4, 0.5) is 4.79 Å². The first-order valence-corrected chi connectivity index (χ1v) is 12.4. The molecule has 0 bridgehead atoms. The van der Waals surface area contributed by atoms with Gasteiger partial charge in [0, 0.05) is 16.3 Å². The number of carbonyl (C=O) groups is 3. The highest BCUT2D eigenvalue weighted by atomic mass is 32.1. The predicted molar refractivity (Wildman–Crippen MR) is 131 cm³/mol. The van der Waals surface area contributed by atoms with Crippen molar-refractivity contribution in [2.24, 2.45) is 0 Å². The van der Waals surface area contributed by atoms with E-state index in [1.807, 2.05) is 73.7 Å². The summed E-state index contributed by atoms with van der Waals surface area (Å²) in [6.45, 7) is 2.75. The van der Waals surface area contributed by atoms with Gasteiger partial charge in [0.05, 0.1) is 6.54 Å². The Bertz CT molecular complexity index is 1240. The number of amides is 4. The number of imide groups is 1. The maximum atomic E-state index is 13.5. The fraction of sp³-hybridized carbons (Fsp3) is 0.296. The lowest BCUT2D eigenvalue weighted by Gasteiger charge is -2.25. The molecule has 1 N–H and O–H groups in total. The van der Waals surface area contributed by atoms with Gasteiger partial charge in [-0.1, -0.05) is 54.6 Å². The van der Waals surface area contributed by atoms with Crippen LogP contribution in [0.2, 0.25) is 0 Å². The van der Waals surface area contributed by atoms with Gasteiger partial charge in [0.15, 0.2) is 0 Å². The Morgan fingerprint density at radius 1 is 1.06 bits per heavy atom. The molecule has 0 unspecified atom stereocenters. The molecule has 174 valence electrons. The number of nitrogens with zero attached hydrogens (tertiary/aromatic N) is 2. The number of rotatable bonds is 7. The highest BCUT2D eigenvalue weighted by Gasteiger charge is 2.55. The fourth-order valence-corrected chi connectivity index (χ4v) is 5.83. The molecule has 1 spiro atoms. The largest absolute Gasteiger partial charge is 0.336 e. The number of fused-ring (bicyclic) bond motifs is 2. The maximum Gasteiger partial charge on any atom is 0.325 e. The minimum atomic E-state index is -1.05. The lowest BCUT2D eigenvalue weighted by molar-refractivity contribution is -0.139. The Labute approximate surface area is 203 Å². The number of thiophene rings is 1. The van der Waals surface area contributed by atoms with Gasteiger partial charge in [-0.3, -0.25) is 14.5 Å². The highest BCUT2D eigenvalue weighted by molar-refractivity contribution is 7.11. The van der Waals surface area contributed by atoms with E-state index in [-0.39, 0.29) is 18.4 Å². The van der Waals surface area contributed by atoms with Gasteiger partial charge in [-0.05, 0) is 55.0 Å². The van der Waals surface area contributed by atoms with Crippen molar-refractivity contribution in [2.45, 2.75) is 38.3 Å². The minimum absolute atomic E-state index is 0.228. The summed E-state index contributed by atoms with van der Waals surface area (Å²) in [6, 6.07) is 21.3. The van der Waals surface area contributed by atoms with Crippen LogP contribution in [-0.4, -0.2) is 40.7 Å². The summed E-state index contributed by atoms with van der Waals surface area (Å²) in [5, 5.41) is 2.91. The Kier molecular flexibility index (Phi) is 5.96. The summed E-state index contributed by atoms with van der Waals surface area (Å²) < 4.78 is 0. The van der Waals surface area contributed by atoms with E-state index in [1.165, 1.54) is 4.88 Å². The number of hydrogen-bond donors (Lipinski definition) is 1. The molecule has 2 aromatic carbocycles. The molecule has 3 aromatic rings. The van der Waals surface area contributed by atoms with Gasteiger partial charge >= 0.3 is 6.03 Å². The van der Waals surface area contributed by atoms with Crippen LogP contribution in [0.1, 0.15) is 32.9 Å². The number of hydrogen-bond acceptors (Lipinski definition) is 4. The van der Waals surface area contributed by atoms with Crippen molar-refractivity contribution in [1.29, 1.82) is 0 Å². The molecule has 0 radical (unpaired) electrons. The van der Waals surface area contributed by atoms with Crippen molar-refractivity contribution in [3.8, 4) is 0 Å². The summed E-state index contributed by atoms with van der Waals surface area (Å²) in [5.41, 5.74) is 2.01. The fourth-order valence-electron chi connectivity index (χ4n) is 4.93. The first kappa shape index (κ1) is 22.3. The molecule has 4 amide bonds. The van der Waals surface area contributed by atoms with E-state index in [1.54, 1.807) is 16.2 Å².